The number of aliphatic hydroxyl groups is 2. The van der Waals surface area contributed by atoms with Gasteiger partial charge in [0.2, 0.25) is 6.10 Å². The van der Waals surface area contributed by atoms with Gasteiger partial charge in [0.25, 0.3) is 0 Å². The molecule has 0 saturated heterocycles. The molecule has 1 heterocycles. The van der Waals surface area contributed by atoms with Crippen molar-refractivity contribution < 1.29 is 67.7 Å². The van der Waals surface area contributed by atoms with Gasteiger partial charge in [-0.15, -0.1) is 0 Å². The molecule has 3 aliphatic carbocycles. The SMILES string of the molecule is COc1ccc2c3c1O[C@H]1C(OC(=O)C[C@H](OC(=O)[C@H](C)O)C(=O)O[C@@H](C)C(=O)O[C@@H](C)C(=O)O)=CC[C@@]4(O)[C@@H](C2)C(C)CC[C@]314. The Morgan fingerprint density at radius 3 is 2.37 bits per heavy atom. The standard InChI is InChI=1S/C32H38O14/c1-14-8-10-31-24-18-6-7-20(41-5)25(24)46-26(31)21(9-11-32(31,40)19(14)12-18)44-23(34)13-22(45-28(37)15(2)33)30(39)43-17(4)29(38)42-16(3)27(35)36/h6-7,9,14-17,19,22,26,33,40H,8,10-13H2,1-5H3,(H,35,36)/t14?,15-,16-,17-,19-,22-,26-,31-,32+/m0/s1. The van der Waals surface area contributed by atoms with E-state index in [2.05, 4.69) is 6.92 Å². The first-order chi connectivity index (χ1) is 21.6. The summed E-state index contributed by atoms with van der Waals surface area (Å²) in [6, 6.07) is 3.79. The van der Waals surface area contributed by atoms with Gasteiger partial charge in [-0.25, -0.2) is 19.2 Å². The van der Waals surface area contributed by atoms with Crippen LogP contribution in [0, 0.1) is 11.8 Å². The first-order valence-corrected chi connectivity index (χ1v) is 15.2. The zero-order chi connectivity index (χ0) is 33.7. The number of benzene rings is 1. The summed E-state index contributed by atoms with van der Waals surface area (Å²) < 4.78 is 32.5. The van der Waals surface area contributed by atoms with E-state index in [1.807, 2.05) is 12.1 Å². The number of rotatable bonds is 11. The summed E-state index contributed by atoms with van der Waals surface area (Å²) in [5, 5.41) is 31.0. The molecule has 1 spiro atoms. The Balaban J connectivity index is 1.38. The molecule has 1 aromatic rings. The Hall–Kier alpha value is -4.17. The largest absolute Gasteiger partial charge is 0.493 e. The molecule has 14 heteroatoms. The first kappa shape index (κ1) is 33.2. The summed E-state index contributed by atoms with van der Waals surface area (Å²) in [7, 11) is 1.51. The third-order valence-electron chi connectivity index (χ3n) is 9.65. The van der Waals surface area contributed by atoms with E-state index in [0.717, 1.165) is 38.3 Å². The number of carbonyl (C=O) groups is 5. The van der Waals surface area contributed by atoms with Crippen molar-refractivity contribution in [1.29, 1.82) is 0 Å². The average Bonchev–Trinajstić information content (AvgIpc) is 3.35. The number of methoxy groups -OCH3 is 1. The van der Waals surface area contributed by atoms with E-state index < -0.39 is 77.8 Å². The fraction of sp³-hybridized carbons (Fsp3) is 0.594. The summed E-state index contributed by atoms with van der Waals surface area (Å²) in [5.74, 6) is -4.99. The van der Waals surface area contributed by atoms with Gasteiger partial charge in [-0.05, 0) is 76.0 Å². The van der Waals surface area contributed by atoms with E-state index in [1.165, 1.54) is 7.11 Å². The molecule has 1 unspecified atom stereocenters. The third-order valence-corrected chi connectivity index (χ3v) is 9.65. The minimum atomic E-state index is -1.94. The number of hydrogen-bond acceptors (Lipinski definition) is 13. The van der Waals surface area contributed by atoms with Crippen molar-refractivity contribution in [3.8, 4) is 11.5 Å². The van der Waals surface area contributed by atoms with Crippen LogP contribution in [0.1, 0.15) is 64.5 Å². The second-order valence-corrected chi connectivity index (χ2v) is 12.4. The van der Waals surface area contributed by atoms with Crippen LogP contribution < -0.4 is 9.47 Å². The Labute approximate surface area is 264 Å². The molecule has 3 N–H and O–H groups in total. The summed E-state index contributed by atoms with van der Waals surface area (Å²) in [4.78, 5) is 61.7. The van der Waals surface area contributed by atoms with Gasteiger partial charge in [0.1, 0.15) is 11.9 Å². The van der Waals surface area contributed by atoms with Gasteiger partial charge in [-0.3, -0.25) is 4.79 Å². The van der Waals surface area contributed by atoms with Gasteiger partial charge in [-0.1, -0.05) is 13.0 Å². The lowest BCUT2D eigenvalue weighted by molar-refractivity contribution is -0.185. The topological polar surface area (TPSA) is 201 Å². The van der Waals surface area contributed by atoms with E-state index in [1.54, 1.807) is 6.08 Å². The van der Waals surface area contributed by atoms with Crippen molar-refractivity contribution >= 4 is 29.8 Å². The second kappa shape index (κ2) is 12.2. The van der Waals surface area contributed by atoms with Gasteiger partial charge >= 0.3 is 29.8 Å². The van der Waals surface area contributed by atoms with Crippen LogP contribution >= 0.6 is 0 Å². The molecule has 250 valence electrons. The molecule has 0 radical (unpaired) electrons. The summed E-state index contributed by atoms with van der Waals surface area (Å²) in [5.41, 5.74) is -0.232. The molecular weight excluding hydrogens is 608 g/mol. The lowest BCUT2D eigenvalue weighted by atomic mass is 9.45. The van der Waals surface area contributed by atoms with Crippen LogP contribution in [0.2, 0.25) is 0 Å². The second-order valence-electron chi connectivity index (χ2n) is 12.4. The molecule has 1 aliphatic heterocycles. The van der Waals surface area contributed by atoms with Crippen LogP contribution in [0.3, 0.4) is 0 Å². The Kier molecular flexibility index (Phi) is 8.81. The van der Waals surface area contributed by atoms with Crippen molar-refractivity contribution in [2.45, 2.75) is 101 Å². The molecule has 5 rings (SSSR count). The highest BCUT2D eigenvalue weighted by Crippen LogP contribution is 2.68. The Bertz CT molecular complexity index is 1480. The van der Waals surface area contributed by atoms with Crippen molar-refractivity contribution in [2.24, 2.45) is 11.8 Å². The van der Waals surface area contributed by atoms with Crippen LogP contribution in [0.4, 0.5) is 0 Å². The highest BCUT2D eigenvalue weighted by atomic mass is 16.6. The zero-order valence-corrected chi connectivity index (χ0v) is 26.1. The molecule has 1 aromatic carbocycles. The van der Waals surface area contributed by atoms with Crippen LogP contribution in [0.15, 0.2) is 24.0 Å². The molecular formula is C32H38O14. The number of esters is 4. The monoisotopic (exact) mass is 646 g/mol. The number of aliphatic carboxylic acids is 1. The molecule has 9 atom stereocenters. The van der Waals surface area contributed by atoms with Gasteiger partial charge in [0.05, 0.1) is 24.5 Å². The summed E-state index contributed by atoms with van der Waals surface area (Å²) >= 11 is 0. The van der Waals surface area contributed by atoms with Crippen LogP contribution in [-0.2, 0) is 54.8 Å². The lowest BCUT2D eigenvalue weighted by Gasteiger charge is -2.61. The van der Waals surface area contributed by atoms with Gasteiger partial charge in [0.15, 0.2) is 29.8 Å². The lowest BCUT2D eigenvalue weighted by Crippen LogP contribution is -2.69. The maximum atomic E-state index is 13.3. The minimum absolute atomic E-state index is 0.0705. The van der Waals surface area contributed by atoms with Gasteiger partial charge in [-0.2, -0.15) is 0 Å². The van der Waals surface area contributed by atoms with E-state index in [9.17, 15) is 34.2 Å². The van der Waals surface area contributed by atoms with Crippen LogP contribution in [0.25, 0.3) is 0 Å². The fourth-order valence-corrected chi connectivity index (χ4v) is 7.32. The van der Waals surface area contributed by atoms with Crippen molar-refractivity contribution in [1.82, 2.24) is 0 Å². The maximum absolute atomic E-state index is 13.3. The number of hydrogen-bond donors (Lipinski definition) is 3. The summed E-state index contributed by atoms with van der Waals surface area (Å²) in [6.07, 6.45) is -4.72. The zero-order valence-electron chi connectivity index (χ0n) is 26.1. The maximum Gasteiger partial charge on any atom is 0.348 e. The Morgan fingerprint density at radius 2 is 1.72 bits per heavy atom. The van der Waals surface area contributed by atoms with E-state index in [0.29, 0.717) is 24.3 Å². The van der Waals surface area contributed by atoms with Crippen molar-refractivity contribution in [3.05, 3.63) is 35.1 Å². The molecule has 2 bridgehead atoms. The van der Waals surface area contributed by atoms with Crippen molar-refractivity contribution in [2.75, 3.05) is 7.11 Å². The third kappa shape index (κ3) is 5.36. The highest BCUT2D eigenvalue weighted by Gasteiger charge is 2.72. The first-order valence-electron chi connectivity index (χ1n) is 15.2. The highest BCUT2D eigenvalue weighted by molar-refractivity contribution is 5.88. The molecule has 0 aromatic heterocycles. The van der Waals surface area contributed by atoms with Crippen molar-refractivity contribution in [3.63, 3.8) is 0 Å². The van der Waals surface area contributed by atoms with Crippen LogP contribution in [0.5, 0.6) is 11.5 Å². The van der Waals surface area contributed by atoms with E-state index >= 15 is 0 Å². The molecule has 1 fully saturated rings. The molecule has 1 saturated carbocycles. The number of aliphatic hydroxyl groups excluding tert-OH is 1. The number of carboxylic acid groups (broad SMARTS) is 1. The minimum Gasteiger partial charge on any atom is -0.493 e. The van der Waals surface area contributed by atoms with Gasteiger partial charge in [0, 0.05) is 5.56 Å². The molecule has 14 nitrogen and oxygen atoms in total. The average molecular weight is 647 g/mol. The number of ether oxygens (including phenoxy) is 6. The van der Waals surface area contributed by atoms with Crippen LogP contribution in [-0.4, -0.2) is 88.4 Å². The smallest absolute Gasteiger partial charge is 0.348 e. The Morgan fingerprint density at radius 1 is 1.02 bits per heavy atom. The van der Waals surface area contributed by atoms with E-state index in [-0.39, 0.29) is 24.0 Å². The number of carbonyl (C=O) groups excluding carboxylic acids is 4. The van der Waals surface area contributed by atoms with E-state index in [4.69, 9.17) is 33.5 Å². The molecule has 0 amide bonds. The summed E-state index contributed by atoms with van der Waals surface area (Å²) in [6.45, 7) is 5.41. The normalized spacial score (nSPS) is 29.4. The number of carboxylic acids is 1. The molecule has 46 heavy (non-hydrogen) atoms. The predicted octanol–water partition coefficient (Wildman–Crippen LogP) is 1.49. The quantitative estimate of drug-likeness (QED) is 0.231. The predicted molar refractivity (Wildman–Crippen MR) is 153 cm³/mol. The fourth-order valence-electron chi connectivity index (χ4n) is 7.32. The molecule has 4 aliphatic rings. The van der Waals surface area contributed by atoms with Gasteiger partial charge < -0.3 is 43.7 Å².